The zero-order valence-corrected chi connectivity index (χ0v) is 13.9. The molecule has 18 heavy (non-hydrogen) atoms. The molecule has 0 aromatic carbocycles. The van der Waals surface area contributed by atoms with Crippen molar-refractivity contribution in [1.29, 1.82) is 0 Å². The Kier molecular flexibility index (Phi) is 6.32. The first-order chi connectivity index (χ1) is 8.16. The maximum Gasteiger partial charge on any atom is 0.202 e. The van der Waals surface area contributed by atoms with Gasteiger partial charge < -0.3 is 9.22 Å². The van der Waals surface area contributed by atoms with Crippen molar-refractivity contribution in [3.63, 3.8) is 0 Å². The molecular formula is C15H28O2Si. The van der Waals surface area contributed by atoms with Crippen molar-refractivity contribution in [3.05, 3.63) is 0 Å². The molecule has 0 aliphatic heterocycles. The number of carbonyl (C=O) groups excluding carboxylic acids is 1. The third-order valence-electron chi connectivity index (χ3n) is 3.89. The van der Waals surface area contributed by atoms with Gasteiger partial charge in [-0.1, -0.05) is 47.5 Å². The molecule has 3 heteroatoms. The lowest BCUT2D eigenvalue weighted by Gasteiger charge is -2.46. The molecular weight excluding hydrogens is 240 g/mol. The van der Waals surface area contributed by atoms with E-state index in [-0.39, 0.29) is 6.42 Å². The van der Waals surface area contributed by atoms with Crippen molar-refractivity contribution >= 4 is 14.6 Å². The highest BCUT2D eigenvalue weighted by Crippen LogP contribution is 2.44. The molecule has 1 atom stereocenters. The zero-order valence-electron chi connectivity index (χ0n) is 12.9. The van der Waals surface area contributed by atoms with E-state index in [2.05, 4.69) is 47.5 Å². The molecule has 0 aromatic rings. The number of rotatable bonds is 7. The molecule has 0 rings (SSSR count). The van der Waals surface area contributed by atoms with Gasteiger partial charge in [-0.3, -0.25) is 0 Å². The molecule has 0 aliphatic rings. The normalized spacial score (nSPS) is 15.8. The first-order valence-corrected chi connectivity index (χ1v) is 8.91. The second-order valence-corrected chi connectivity index (χ2v) is 11.5. The topological polar surface area (TPSA) is 26.3 Å². The Hall–Kier alpha value is -0.593. The van der Waals surface area contributed by atoms with Crippen molar-refractivity contribution in [2.45, 2.75) is 77.1 Å². The highest BCUT2D eigenvalue weighted by atomic mass is 28.4. The number of hydrogen-bond donors (Lipinski definition) is 0. The van der Waals surface area contributed by atoms with Gasteiger partial charge >= 0.3 is 0 Å². The number of aldehydes is 1. The third kappa shape index (κ3) is 3.46. The van der Waals surface area contributed by atoms with E-state index in [1.54, 1.807) is 0 Å². The average Bonchev–Trinajstić information content (AvgIpc) is 2.25. The summed E-state index contributed by atoms with van der Waals surface area (Å²) in [6.07, 6.45) is 6.72. The van der Waals surface area contributed by atoms with Crippen molar-refractivity contribution in [3.8, 4) is 12.3 Å². The van der Waals surface area contributed by atoms with Gasteiger partial charge in [0.2, 0.25) is 8.32 Å². The Morgan fingerprint density at radius 3 is 1.78 bits per heavy atom. The summed E-state index contributed by atoms with van der Waals surface area (Å²) in [4.78, 5) is 10.8. The van der Waals surface area contributed by atoms with Gasteiger partial charge in [0.1, 0.15) is 11.9 Å². The lowest BCUT2D eigenvalue weighted by molar-refractivity contribution is -0.110. The minimum absolute atomic E-state index is 0.268. The number of hydrogen-bond acceptors (Lipinski definition) is 2. The average molecular weight is 268 g/mol. The van der Waals surface area contributed by atoms with Crippen molar-refractivity contribution < 1.29 is 9.22 Å². The van der Waals surface area contributed by atoms with Gasteiger partial charge in [0.05, 0.1) is 0 Å². The highest BCUT2D eigenvalue weighted by Gasteiger charge is 2.48. The maximum absolute atomic E-state index is 10.8. The molecule has 0 radical (unpaired) electrons. The second kappa shape index (κ2) is 6.54. The van der Waals surface area contributed by atoms with Gasteiger partial charge in [-0.2, -0.15) is 0 Å². The summed E-state index contributed by atoms with van der Waals surface area (Å²) < 4.78 is 6.47. The summed E-state index contributed by atoms with van der Waals surface area (Å²) in [6, 6.07) is 0. The molecule has 0 amide bonds. The SMILES string of the molecule is C#C[C@@](C)(CC=O)O[Si](C(C)C)(C(C)C)C(C)C. The predicted octanol–water partition coefficient (Wildman–Crippen LogP) is 4.16. The molecule has 0 saturated carbocycles. The Labute approximate surface area is 114 Å². The van der Waals surface area contributed by atoms with Crippen molar-refractivity contribution in [1.82, 2.24) is 0 Å². The van der Waals surface area contributed by atoms with Crippen LogP contribution in [0.15, 0.2) is 0 Å². The molecule has 0 saturated heterocycles. The summed E-state index contributed by atoms with van der Waals surface area (Å²) in [7, 11) is -2.02. The van der Waals surface area contributed by atoms with Crippen LogP contribution in [-0.2, 0) is 9.22 Å². The lowest BCUT2D eigenvalue weighted by atomic mass is 10.1. The van der Waals surface area contributed by atoms with Crippen molar-refractivity contribution in [2.24, 2.45) is 0 Å². The minimum Gasteiger partial charge on any atom is -0.400 e. The summed E-state index contributed by atoms with van der Waals surface area (Å²) in [5.74, 6) is 2.68. The van der Waals surface area contributed by atoms with Crippen LogP contribution in [0.4, 0.5) is 0 Å². The van der Waals surface area contributed by atoms with Gasteiger partial charge in [-0.05, 0) is 23.5 Å². The van der Waals surface area contributed by atoms with Gasteiger partial charge in [0.15, 0.2) is 0 Å². The van der Waals surface area contributed by atoms with E-state index in [0.717, 1.165) is 6.29 Å². The van der Waals surface area contributed by atoms with Gasteiger partial charge in [0, 0.05) is 6.42 Å². The van der Waals surface area contributed by atoms with Gasteiger partial charge in [0.25, 0.3) is 0 Å². The molecule has 0 fully saturated rings. The van der Waals surface area contributed by atoms with Gasteiger partial charge in [-0.15, -0.1) is 6.42 Å². The van der Waals surface area contributed by atoms with Crippen LogP contribution in [0, 0.1) is 12.3 Å². The minimum atomic E-state index is -2.02. The fourth-order valence-electron chi connectivity index (χ4n) is 3.03. The van der Waals surface area contributed by atoms with E-state index in [1.165, 1.54) is 0 Å². The van der Waals surface area contributed by atoms with E-state index in [0.29, 0.717) is 16.6 Å². The smallest absolute Gasteiger partial charge is 0.202 e. The number of terminal acetylenes is 1. The van der Waals surface area contributed by atoms with Crippen LogP contribution >= 0.6 is 0 Å². The molecule has 0 N–H and O–H groups in total. The monoisotopic (exact) mass is 268 g/mol. The fraction of sp³-hybridized carbons (Fsp3) is 0.800. The Morgan fingerprint density at radius 2 is 1.56 bits per heavy atom. The first-order valence-electron chi connectivity index (χ1n) is 6.77. The van der Waals surface area contributed by atoms with E-state index in [1.807, 2.05) is 6.92 Å². The lowest BCUT2D eigenvalue weighted by Crippen LogP contribution is -2.53. The number of carbonyl (C=O) groups is 1. The summed E-state index contributed by atoms with van der Waals surface area (Å²) >= 11 is 0. The van der Waals surface area contributed by atoms with Crippen LogP contribution < -0.4 is 0 Å². The van der Waals surface area contributed by atoms with Crippen LogP contribution in [0.25, 0.3) is 0 Å². The third-order valence-corrected chi connectivity index (χ3v) is 10.1. The van der Waals surface area contributed by atoms with Crippen LogP contribution in [0.2, 0.25) is 16.6 Å². The Balaban J connectivity index is 5.49. The molecule has 0 bridgehead atoms. The van der Waals surface area contributed by atoms with Crippen LogP contribution in [0.1, 0.15) is 54.9 Å². The van der Waals surface area contributed by atoms with Crippen LogP contribution in [0.3, 0.4) is 0 Å². The standard InChI is InChI=1S/C15H28O2Si/c1-9-15(8,10-11-16)17-18(12(2)3,13(4)5)14(6)7/h1,11-14H,10H2,2-8H3/t15-/m0/s1. The molecule has 2 nitrogen and oxygen atoms in total. The molecule has 0 unspecified atom stereocenters. The summed E-state index contributed by atoms with van der Waals surface area (Å²) in [6.45, 7) is 15.1. The Bertz CT molecular complexity index is 293. The molecule has 0 spiro atoms. The van der Waals surface area contributed by atoms with E-state index >= 15 is 0 Å². The first kappa shape index (κ1) is 17.4. The predicted molar refractivity (Wildman–Crippen MR) is 80.1 cm³/mol. The Morgan fingerprint density at radius 1 is 1.17 bits per heavy atom. The van der Waals surface area contributed by atoms with Crippen LogP contribution in [0.5, 0.6) is 0 Å². The van der Waals surface area contributed by atoms with E-state index < -0.39 is 13.9 Å². The molecule has 0 aliphatic carbocycles. The molecule has 104 valence electrons. The van der Waals surface area contributed by atoms with E-state index in [9.17, 15) is 4.79 Å². The second-order valence-electron chi connectivity index (χ2n) is 6.17. The van der Waals surface area contributed by atoms with Crippen LogP contribution in [-0.4, -0.2) is 20.2 Å². The molecule has 0 heterocycles. The quantitative estimate of drug-likeness (QED) is 0.394. The fourth-order valence-corrected chi connectivity index (χ4v) is 8.66. The summed E-state index contributed by atoms with van der Waals surface area (Å²) in [5, 5.41) is 0. The summed E-state index contributed by atoms with van der Waals surface area (Å²) in [5.41, 5.74) is 0.651. The highest BCUT2D eigenvalue weighted by molar-refractivity contribution is 6.77. The maximum atomic E-state index is 10.8. The van der Waals surface area contributed by atoms with E-state index in [4.69, 9.17) is 10.8 Å². The van der Waals surface area contributed by atoms with Gasteiger partial charge in [-0.25, -0.2) is 0 Å². The molecule has 0 aromatic heterocycles. The zero-order chi connectivity index (χ0) is 14.6. The largest absolute Gasteiger partial charge is 0.400 e. The van der Waals surface area contributed by atoms with Crippen molar-refractivity contribution in [2.75, 3.05) is 0 Å².